The minimum absolute atomic E-state index is 0.105. The molecule has 2 N–H and O–H groups in total. The molecule has 1 unspecified atom stereocenters. The summed E-state index contributed by atoms with van der Waals surface area (Å²) in [5, 5.41) is 6.29. The zero-order valence-corrected chi connectivity index (χ0v) is 11.1. The smallest absolute Gasteiger partial charge is 0.228 e. The number of hydrogen-bond acceptors (Lipinski definition) is 4. The van der Waals surface area contributed by atoms with Crippen molar-refractivity contribution in [3.63, 3.8) is 0 Å². The minimum atomic E-state index is 0.105. The molecule has 1 atom stereocenters. The molecular weight excluding hydrogens is 242 g/mol. The van der Waals surface area contributed by atoms with E-state index in [9.17, 15) is 4.79 Å². The Balaban J connectivity index is 1.66. The predicted octanol–water partition coefficient (Wildman–Crippen LogP) is 1.42. The topological polar surface area (TPSA) is 63.2 Å². The quantitative estimate of drug-likeness (QED) is 0.863. The highest BCUT2D eigenvalue weighted by molar-refractivity contribution is 5.96. The molecule has 1 aromatic heterocycles. The van der Waals surface area contributed by atoms with E-state index in [2.05, 4.69) is 15.6 Å². The van der Waals surface area contributed by atoms with Gasteiger partial charge in [-0.05, 0) is 37.8 Å². The highest BCUT2D eigenvalue weighted by Gasteiger charge is 2.57. The van der Waals surface area contributed by atoms with Gasteiger partial charge in [-0.3, -0.25) is 9.78 Å². The first-order valence-corrected chi connectivity index (χ1v) is 6.75. The van der Waals surface area contributed by atoms with Crippen LogP contribution in [-0.4, -0.2) is 31.1 Å². The highest BCUT2D eigenvalue weighted by atomic mass is 16.5. The second-order valence-electron chi connectivity index (χ2n) is 5.43. The zero-order valence-electron chi connectivity index (χ0n) is 11.1. The van der Waals surface area contributed by atoms with E-state index in [1.165, 1.54) is 0 Å². The summed E-state index contributed by atoms with van der Waals surface area (Å²) in [6.07, 6.45) is 6.52. The van der Waals surface area contributed by atoms with Gasteiger partial charge in [0.15, 0.2) is 0 Å². The second-order valence-corrected chi connectivity index (χ2v) is 5.43. The number of anilines is 1. The number of methoxy groups -OCH3 is 1. The molecule has 0 aromatic carbocycles. The van der Waals surface area contributed by atoms with Gasteiger partial charge in [-0.25, -0.2) is 0 Å². The van der Waals surface area contributed by atoms with Crippen LogP contribution in [0.3, 0.4) is 0 Å². The first kappa shape index (κ1) is 12.4. The van der Waals surface area contributed by atoms with Gasteiger partial charge in [-0.15, -0.1) is 0 Å². The zero-order chi connectivity index (χ0) is 13.3. The van der Waals surface area contributed by atoms with Crippen molar-refractivity contribution in [1.82, 2.24) is 10.3 Å². The molecule has 5 heteroatoms. The Labute approximate surface area is 112 Å². The largest absolute Gasteiger partial charge is 0.494 e. The number of ether oxygens (including phenoxy) is 1. The normalized spacial score (nSPS) is 23.9. The number of nitrogens with zero attached hydrogens (tertiary/aromatic N) is 1. The van der Waals surface area contributed by atoms with Crippen LogP contribution in [0, 0.1) is 11.3 Å². The standard InChI is InChI=1S/C14H19N3O2/c1-19-12-2-5-16-9-11(12)17-13(18)10-8-14(10)3-6-15-7-4-14/h2,5,9-10,15H,3-4,6-8H2,1H3,(H,17,18). The van der Waals surface area contributed by atoms with Gasteiger partial charge in [-0.1, -0.05) is 0 Å². The van der Waals surface area contributed by atoms with Crippen LogP contribution in [-0.2, 0) is 4.79 Å². The Bertz CT molecular complexity index is 483. The Kier molecular flexibility index (Phi) is 3.14. The molecule has 1 saturated carbocycles. The lowest BCUT2D eigenvalue weighted by atomic mass is 9.92. The summed E-state index contributed by atoms with van der Waals surface area (Å²) in [7, 11) is 1.59. The predicted molar refractivity (Wildman–Crippen MR) is 72.1 cm³/mol. The first-order valence-electron chi connectivity index (χ1n) is 6.75. The number of hydrogen-bond donors (Lipinski definition) is 2. The molecule has 1 spiro atoms. The molecule has 3 rings (SSSR count). The van der Waals surface area contributed by atoms with Crippen LogP contribution in [0.15, 0.2) is 18.5 Å². The molecule has 0 bridgehead atoms. The molecule has 1 aromatic rings. The number of carbonyl (C=O) groups is 1. The van der Waals surface area contributed by atoms with Gasteiger partial charge in [0, 0.05) is 18.2 Å². The summed E-state index contributed by atoms with van der Waals surface area (Å²) in [5.41, 5.74) is 0.913. The lowest BCUT2D eigenvalue weighted by molar-refractivity contribution is -0.118. The van der Waals surface area contributed by atoms with Gasteiger partial charge in [0.05, 0.1) is 13.3 Å². The van der Waals surface area contributed by atoms with Crippen molar-refractivity contribution in [3.8, 4) is 5.75 Å². The van der Waals surface area contributed by atoms with Crippen LogP contribution in [0.1, 0.15) is 19.3 Å². The summed E-state index contributed by atoms with van der Waals surface area (Å²) in [5.74, 6) is 0.913. The van der Waals surface area contributed by atoms with Gasteiger partial charge in [0.2, 0.25) is 5.91 Å². The third-order valence-corrected chi connectivity index (χ3v) is 4.36. The van der Waals surface area contributed by atoms with Gasteiger partial charge < -0.3 is 15.4 Å². The Morgan fingerprint density at radius 3 is 3.05 bits per heavy atom. The van der Waals surface area contributed by atoms with Crippen LogP contribution in [0.25, 0.3) is 0 Å². The maximum absolute atomic E-state index is 12.3. The highest BCUT2D eigenvalue weighted by Crippen LogP contribution is 2.58. The van der Waals surface area contributed by atoms with Crippen LogP contribution in [0.4, 0.5) is 5.69 Å². The van der Waals surface area contributed by atoms with Crippen LogP contribution in [0.5, 0.6) is 5.75 Å². The van der Waals surface area contributed by atoms with Crippen LogP contribution in [0.2, 0.25) is 0 Å². The fourth-order valence-corrected chi connectivity index (χ4v) is 3.07. The van der Waals surface area contributed by atoms with Crippen LogP contribution >= 0.6 is 0 Å². The Morgan fingerprint density at radius 2 is 2.32 bits per heavy atom. The number of pyridine rings is 1. The van der Waals surface area contributed by atoms with Gasteiger partial charge >= 0.3 is 0 Å². The first-order chi connectivity index (χ1) is 9.25. The van der Waals surface area contributed by atoms with E-state index in [4.69, 9.17) is 4.74 Å². The van der Waals surface area contributed by atoms with Crippen molar-refractivity contribution in [3.05, 3.63) is 18.5 Å². The molecule has 5 nitrogen and oxygen atoms in total. The van der Waals surface area contributed by atoms with Crippen LogP contribution < -0.4 is 15.4 Å². The molecule has 1 aliphatic carbocycles. The van der Waals surface area contributed by atoms with Crippen molar-refractivity contribution in [2.24, 2.45) is 11.3 Å². The van der Waals surface area contributed by atoms with E-state index in [1.54, 1.807) is 25.6 Å². The molecule has 1 saturated heterocycles. The maximum Gasteiger partial charge on any atom is 0.228 e. The summed E-state index contributed by atoms with van der Waals surface area (Å²) < 4.78 is 5.22. The Hall–Kier alpha value is -1.62. The fraction of sp³-hybridized carbons (Fsp3) is 0.571. The van der Waals surface area contributed by atoms with Gasteiger partial charge in [0.25, 0.3) is 0 Å². The summed E-state index contributed by atoms with van der Waals surface area (Å²) in [4.78, 5) is 16.3. The van der Waals surface area contributed by atoms with E-state index in [-0.39, 0.29) is 17.2 Å². The number of piperidine rings is 1. The monoisotopic (exact) mass is 261 g/mol. The summed E-state index contributed by atoms with van der Waals surface area (Å²) in [6.45, 7) is 2.06. The molecule has 2 fully saturated rings. The molecular formula is C14H19N3O2. The molecule has 0 radical (unpaired) electrons. The number of carbonyl (C=O) groups excluding carboxylic acids is 1. The molecule has 102 valence electrons. The molecule has 2 heterocycles. The lowest BCUT2D eigenvalue weighted by Gasteiger charge is -2.23. The van der Waals surface area contributed by atoms with E-state index >= 15 is 0 Å². The lowest BCUT2D eigenvalue weighted by Crippen LogP contribution is -2.31. The average molecular weight is 261 g/mol. The van der Waals surface area contributed by atoms with E-state index in [0.717, 1.165) is 32.4 Å². The fourth-order valence-electron chi connectivity index (χ4n) is 3.07. The van der Waals surface area contributed by atoms with Crippen molar-refractivity contribution in [2.75, 3.05) is 25.5 Å². The molecule has 1 aliphatic heterocycles. The third kappa shape index (κ3) is 2.30. The summed E-state index contributed by atoms with van der Waals surface area (Å²) in [6, 6.07) is 1.75. The number of rotatable bonds is 3. The van der Waals surface area contributed by atoms with Gasteiger partial charge in [0.1, 0.15) is 11.4 Å². The third-order valence-electron chi connectivity index (χ3n) is 4.36. The van der Waals surface area contributed by atoms with Gasteiger partial charge in [-0.2, -0.15) is 0 Å². The van der Waals surface area contributed by atoms with E-state index in [1.807, 2.05) is 0 Å². The Morgan fingerprint density at radius 1 is 1.53 bits per heavy atom. The van der Waals surface area contributed by atoms with E-state index < -0.39 is 0 Å². The minimum Gasteiger partial charge on any atom is -0.494 e. The van der Waals surface area contributed by atoms with E-state index in [0.29, 0.717) is 11.4 Å². The number of aromatic nitrogens is 1. The van der Waals surface area contributed by atoms with Crippen molar-refractivity contribution >= 4 is 11.6 Å². The molecule has 2 aliphatic rings. The summed E-state index contributed by atoms with van der Waals surface area (Å²) >= 11 is 0. The SMILES string of the molecule is COc1ccncc1NC(=O)C1CC12CCNCC2. The molecule has 1 amide bonds. The number of amides is 1. The van der Waals surface area contributed by atoms with Crippen molar-refractivity contribution < 1.29 is 9.53 Å². The number of nitrogens with one attached hydrogen (secondary N) is 2. The average Bonchev–Trinajstić information content (AvgIpc) is 3.14. The van der Waals surface area contributed by atoms with Crippen molar-refractivity contribution in [1.29, 1.82) is 0 Å². The van der Waals surface area contributed by atoms with Crippen molar-refractivity contribution in [2.45, 2.75) is 19.3 Å². The second kappa shape index (κ2) is 4.81. The molecule has 19 heavy (non-hydrogen) atoms. The maximum atomic E-state index is 12.3.